The third-order valence-electron chi connectivity index (χ3n) is 3.92. The lowest BCUT2D eigenvalue weighted by molar-refractivity contribution is -0.134. The summed E-state index contributed by atoms with van der Waals surface area (Å²) in [5.74, 6) is 0.0392. The molecule has 0 aliphatic carbocycles. The van der Waals surface area contributed by atoms with Crippen LogP contribution in [0.1, 0.15) is 12.8 Å². The van der Waals surface area contributed by atoms with Crippen LogP contribution in [0.25, 0.3) is 0 Å². The molecule has 6 heteroatoms. The van der Waals surface area contributed by atoms with Gasteiger partial charge in [-0.2, -0.15) is 0 Å². The molecule has 2 aliphatic heterocycles. The molecule has 0 saturated carbocycles. The molecule has 2 heterocycles. The summed E-state index contributed by atoms with van der Waals surface area (Å²) in [4.78, 5) is 29.9. The molecule has 2 N–H and O–H groups in total. The van der Waals surface area contributed by atoms with Crippen LogP contribution >= 0.6 is 0 Å². The zero-order valence-electron chi connectivity index (χ0n) is 11.8. The van der Waals surface area contributed by atoms with E-state index in [-0.39, 0.29) is 23.8 Å². The van der Waals surface area contributed by atoms with Crippen LogP contribution in [0.4, 0.5) is 0 Å². The van der Waals surface area contributed by atoms with Crippen LogP contribution in [0.15, 0.2) is 0 Å². The molecular weight excluding hydrogens is 244 g/mol. The number of carbonyl (C=O) groups excluding carboxylic acids is 2. The summed E-state index contributed by atoms with van der Waals surface area (Å²) in [7, 11) is 3.96. The first-order chi connectivity index (χ1) is 8.97. The summed E-state index contributed by atoms with van der Waals surface area (Å²) in [6.07, 6.45) is 1.23. The van der Waals surface area contributed by atoms with Crippen molar-refractivity contribution in [2.24, 2.45) is 11.7 Å². The fraction of sp³-hybridized carbons (Fsp3) is 0.846. The van der Waals surface area contributed by atoms with Crippen LogP contribution in [0.3, 0.4) is 0 Å². The Morgan fingerprint density at radius 3 is 2.74 bits per heavy atom. The summed E-state index contributed by atoms with van der Waals surface area (Å²) in [5.41, 5.74) is 5.82. The van der Waals surface area contributed by atoms with Crippen LogP contribution in [0.2, 0.25) is 0 Å². The zero-order valence-corrected chi connectivity index (χ0v) is 11.8. The molecule has 2 amide bonds. The number of hydrogen-bond acceptors (Lipinski definition) is 4. The molecule has 19 heavy (non-hydrogen) atoms. The molecule has 0 aromatic heterocycles. The van der Waals surface area contributed by atoms with E-state index in [0.29, 0.717) is 26.1 Å². The Labute approximate surface area is 114 Å². The quantitative estimate of drug-likeness (QED) is 0.707. The van der Waals surface area contributed by atoms with Gasteiger partial charge < -0.3 is 20.4 Å². The molecule has 0 radical (unpaired) electrons. The standard InChI is InChI=1S/C13H24N4O2/c1-15(2)5-6-16-8-10(7-12(16)18)13(19)17-4-3-11(14)9-17/h10-11H,3-9,14H2,1-2H3. The van der Waals surface area contributed by atoms with Crippen LogP contribution in [-0.2, 0) is 9.59 Å². The lowest BCUT2D eigenvalue weighted by Gasteiger charge is -2.21. The molecule has 2 aliphatic rings. The fourth-order valence-electron chi connectivity index (χ4n) is 2.72. The van der Waals surface area contributed by atoms with Crippen molar-refractivity contribution < 1.29 is 9.59 Å². The number of nitrogens with two attached hydrogens (primary N) is 1. The SMILES string of the molecule is CN(C)CCN1CC(C(=O)N2CCC(N)C2)CC1=O. The van der Waals surface area contributed by atoms with Gasteiger partial charge in [0.05, 0.1) is 5.92 Å². The van der Waals surface area contributed by atoms with Gasteiger partial charge in [-0.05, 0) is 20.5 Å². The molecular formula is C13H24N4O2. The molecule has 2 unspecified atom stereocenters. The van der Waals surface area contributed by atoms with Crippen molar-refractivity contribution in [1.29, 1.82) is 0 Å². The monoisotopic (exact) mass is 268 g/mol. The molecule has 2 atom stereocenters. The number of amides is 2. The second-order valence-corrected chi connectivity index (χ2v) is 5.88. The Balaban J connectivity index is 1.86. The van der Waals surface area contributed by atoms with Crippen molar-refractivity contribution in [2.45, 2.75) is 18.9 Å². The Morgan fingerprint density at radius 1 is 1.42 bits per heavy atom. The van der Waals surface area contributed by atoms with Crippen LogP contribution in [0.5, 0.6) is 0 Å². The van der Waals surface area contributed by atoms with Gasteiger partial charge in [0.25, 0.3) is 0 Å². The third kappa shape index (κ3) is 3.45. The number of rotatable bonds is 4. The van der Waals surface area contributed by atoms with Gasteiger partial charge in [0.2, 0.25) is 11.8 Å². The average molecular weight is 268 g/mol. The van der Waals surface area contributed by atoms with E-state index in [4.69, 9.17) is 5.73 Å². The smallest absolute Gasteiger partial charge is 0.228 e. The van der Waals surface area contributed by atoms with Crippen LogP contribution in [-0.4, -0.2) is 79.4 Å². The number of likely N-dealkylation sites (N-methyl/N-ethyl adjacent to an activating group) is 1. The van der Waals surface area contributed by atoms with Crippen molar-refractivity contribution in [3.05, 3.63) is 0 Å². The maximum Gasteiger partial charge on any atom is 0.228 e. The average Bonchev–Trinajstić information content (AvgIpc) is 2.92. The van der Waals surface area contributed by atoms with Gasteiger partial charge >= 0.3 is 0 Å². The summed E-state index contributed by atoms with van der Waals surface area (Å²) in [6.45, 7) is 3.48. The molecule has 0 spiro atoms. The van der Waals surface area contributed by atoms with Gasteiger partial charge in [0.15, 0.2) is 0 Å². The summed E-state index contributed by atoms with van der Waals surface area (Å²) in [5, 5.41) is 0. The van der Waals surface area contributed by atoms with E-state index in [9.17, 15) is 9.59 Å². The first-order valence-corrected chi connectivity index (χ1v) is 6.94. The normalized spacial score (nSPS) is 27.7. The third-order valence-corrected chi connectivity index (χ3v) is 3.92. The largest absolute Gasteiger partial charge is 0.341 e. The van der Waals surface area contributed by atoms with E-state index >= 15 is 0 Å². The fourth-order valence-corrected chi connectivity index (χ4v) is 2.72. The van der Waals surface area contributed by atoms with Gasteiger partial charge in [0, 0.05) is 45.2 Å². The summed E-state index contributed by atoms with van der Waals surface area (Å²) in [6, 6.07) is 0.103. The van der Waals surface area contributed by atoms with Gasteiger partial charge in [-0.1, -0.05) is 0 Å². The lowest BCUT2D eigenvalue weighted by atomic mass is 10.1. The van der Waals surface area contributed by atoms with Gasteiger partial charge in [-0.25, -0.2) is 0 Å². The van der Waals surface area contributed by atoms with Gasteiger partial charge in [0.1, 0.15) is 0 Å². The van der Waals surface area contributed by atoms with Crippen LogP contribution < -0.4 is 5.73 Å². The van der Waals surface area contributed by atoms with Crippen molar-refractivity contribution in [2.75, 3.05) is 46.8 Å². The molecule has 2 fully saturated rings. The molecule has 0 bridgehead atoms. The number of likely N-dealkylation sites (tertiary alicyclic amines) is 2. The summed E-state index contributed by atoms with van der Waals surface area (Å²) < 4.78 is 0. The van der Waals surface area contributed by atoms with Crippen LogP contribution in [0, 0.1) is 5.92 Å². The van der Waals surface area contributed by atoms with Crippen molar-refractivity contribution in [3.63, 3.8) is 0 Å². The first-order valence-electron chi connectivity index (χ1n) is 6.94. The molecule has 108 valence electrons. The highest BCUT2D eigenvalue weighted by Gasteiger charge is 2.37. The highest BCUT2D eigenvalue weighted by atomic mass is 16.2. The Bertz CT molecular complexity index is 359. The Kier molecular flexibility index (Phi) is 4.42. The second-order valence-electron chi connectivity index (χ2n) is 5.88. The first kappa shape index (κ1) is 14.3. The molecule has 2 rings (SSSR count). The second kappa shape index (κ2) is 5.88. The molecule has 2 saturated heterocycles. The van der Waals surface area contributed by atoms with E-state index in [1.807, 2.05) is 23.9 Å². The van der Waals surface area contributed by atoms with Gasteiger partial charge in [-0.15, -0.1) is 0 Å². The minimum Gasteiger partial charge on any atom is -0.341 e. The van der Waals surface area contributed by atoms with E-state index in [2.05, 4.69) is 0 Å². The van der Waals surface area contributed by atoms with E-state index in [1.165, 1.54) is 0 Å². The minimum atomic E-state index is -0.167. The predicted octanol–water partition coefficient (Wildman–Crippen LogP) is -1.04. The van der Waals surface area contributed by atoms with Gasteiger partial charge in [-0.3, -0.25) is 9.59 Å². The maximum atomic E-state index is 12.3. The van der Waals surface area contributed by atoms with E-state index in [1.54, 1.807) is 4.90 Å². The molecule has 6 nitrogen and oxygen atoms in total. The van der Waals surface area contributed by atoms with Crippen molar-refractivity contribution in [1.82, 2.24) is 14.7 Å². The minimum absolute atomic E-state index is 0.101. The number of nitrogens with zero attached hydrogens (tertiary/aromatic N) is 3. The highest BCUT2D eigenvalue weighted by molar-refractivity contribution is 5.89. The topological polar surface area (TPSA) is 69.9 Å². The lowest BCUT2D eigenvalue weighted by Crippen LogP contribution is -2.38. The predicted molar refractivity (Wildman–Crippen MR) is 72.4 cm³/mol. The van der Waals surface area contributed by atoms with E-state index < -0.39 is 0 Å². The van der Waals surface area contributed by atoms with Crippen molar-refractivity contribution >= 4 is 11.8 Å². The Morgan fingerprint density at radius 2 is 2.16 bits per heavy atom. The van der Waals surface area contributed by atoms with Crippen molar-refractivity contribution in [3.8, 4) is 0 Å². The molecule has 0 aromatic carbocycles. The molecule has 0 aromatic rings. The maximum absolute atomic E-state index is 12.3. The van der Waals surface area contributed by atoms with E-state index in [0.717, 1.165) is 19.5 Å². The highest BCUT2D eigenvalue weighted by Crippen LogP contribution is 2.21. The number of carbonyl (C=O) groups is 2. The summed E-state index contributed by atoms with van der Waals surface area (Å²) >= 11 is 0. The Hall–Kier alpha value is -1.14. The zero-order chi connectivity index (χ0) is 14.0. The number of hydrogen-bond donors (Lipinski definition) is 1.